The summed E-state index contributed by atoms with van der Waals surface area (Å²) in [7, 11) is -1.74. The van der Waals surface area contributed by atoms with Gasteiger partial charge in [0, 0.05) is 45.6 Å². The van der Waals surface area contributed by atoms with Gasteiger partial charge < -0.3 is 14.0 Å². The second-order valence-corrected chi connectivity index (χ2v) is 24.9. The predicted octanol–water partition coefficient (Wildman–Crippen LogP) is 15.7. The van der Waals surface area contributed by atoms with E-state index in [1.807, 2.05) is 69.4 Å². The van der Waals surface area contributed by atoms with Gasteiger partial charge >= 0.3 is 0 Å². The van der Waals surface area contributed by atoms with Gasteiger partial charge in [-0.2, -0.15) is 0 Å². The summed E-state index contributed by atoms with van der Waals surface area (Å²) in [4.78, 5) is 9.95. The number of rotatable bonds is 7. The van der Waals surface area contributed by atoms with Crippen molar-refractivity contribution in [1.29, 1.82) is 0 Å². The second kappa shape index (κ2) is 18.6. The zero-order valence-electron chi connectivity index (χ0n) is 41.2. The smallest absolute Gasteiger partial charge is 0.120 e. The number of imidazole rings is 1. The number of hydrogen-bond donors (Lipinski definition) is 0. The summed E-state index contributed by atoms with van der Waals surface area (Å²) in [5.74, 6) is 0.798. The van der Waals surface area contributed by atoms with Gasteiger partial charge in [0.2, 0.25) is 0 Å². The minimum absolute atomic E-state index is 0. The van der Waals surface area contributed by atoms with E-state index in [9.17, 15) is 0 Å². The first kappa shape index (κ1) is 43.7. The van der Waals surface area contributed by atoms with Crippen LogP contribution < -0.4 is 5.19 Å². The van der Waals surface area contributed by atoms with Crippen molar-refractivity contribution >= 4 is 46.2 Å². The number of benzene rings is 7. The first-order chi connectivity index (χ1) is 31.9. The van der Waals surface area contributed by atoms with Crippen molar-refractivity contribution in [2.75, 3.05) is 0 Å². The van der Waals surface area contributed by atoms with Crippen LogP contribution in [0.1, 0.15) is 55.4 Å². The molecule has 0 amide bonds. The largest absolute Gasteiger partial charge is 0.501 e. The number of nitrogens with zero attached hydrogens (tertiary/aromatic N) is 3. The molecule has 0 atom stereocenters. The van der Waals surface area contributed by atoms with Crippen LogP contribution in [-0.2, 0) is 31.9 Å². The molecular weight excluding hydrogens is 999 g/mol. The fourth-order valence-corrected chi connectivity index (χ4v) is 9.95. The summed E-state index contributed by atoms with van der Waals surface area (Å²) in [5.41, 5.74) is 13.3. The molecule has 7 aromatic carbocycles. The number of hydrogen-bond acceptors (Lipinski definition) is 3. The SMILES string of the molecule is [2H]C([2H])(c1cc(-c2[c-]ccc(C(C)(C)C)c2)ncc1[Si](C)(C)C)C(C)(C)C.[Ir].[c-]1ccc2c(oc3ccccc32)c1-c1nc2ccccc2n1-c1c(-c2ccccc2)cccc1-c1ccccc1. The maximum atomic E-state index is 8.89. The monoisotopic (exact) mass is 1060 g/mol. The Bertz CT molecular complexity index is 3340. The van der Waals surface area contributed by atoms with Crippen LogP contribution in [0.25, 0.3) is 83.6 Å². The quantitative estimate of drug-likeness (QED) is 0.118. The Labute approximate surface area is 408 Å². The van der Waals surface area contributed by atoms with Gasteiger partial charge in [0.25, 0.3) is 0 Å². The van der Waals surface area contributed by atoms with E-state index in [2.05, 4.69) is 178 Å². The summed E-state index contributed by atoms with van der Waals surface area (Å²) < 4.78 is 26.5. The molecule has 0 N–H and O–H groups in total. The second-order valence-electron chi connectivity index (χ2n) is 19.9. The van der Waals surface area contributed by atoms with Gasteiger partial charge in [-0.15, -0.1) is 53.6 Å². The van der Waals surface area contributed by atoms with Crippen LogP contribution in [-0.4, -0.2) is 22.6 Å². The summed E-state index contributed by atoms with van der Waals surface area (Å²) >= 11 is 0. The van der Waals surface area contributed by atoms with E-state index in [4.69, 9.17) is 17.1 Å². The van der Waals surface area contributed by atoms with Crippen LogP contribution in [0.5, 0.6) is 0 Å². The summed E-state index contributed by atoms with van der Waals surface area (Å²) in [6.07, 6.45) is 0.472. The molecule has 0 saturated heterocycles. The Morgan fingerprint density at radius 3 is 1.94 bits per heavy atom. The topological polar surface area (TPSA) is 43.9 Å². The summed E-state index contributed by atoms with van der Waals surface area (Å²) in [5, 5.41) is 3.24. The van der Waals surface area contributed by atoms with Crippen LogP contribution in [0.15, 0.2) is 174 Å². The molecule has 0 aliphatic rings. The Hall–Kier alpha value is -6.17. The summed E-state index contributed by atoms with van der Waals surface area (Å²) in [6.45, 7) is 19.2. The molecule has 10 aromatic rings. The Morgan fingerprint density at radius 1 is 0.667 bits per heavy atom. The van der Waals surface area contributed by atoms with E-state index < -0.39 is 19.9 Å². The molecule has 333 valence electrons. The molecule has 66 heavy (non-hydrogen) atoms. The minimum atomic E-state index is -1.74. The Kier molecular flexibility index (Phi) is 12.3. The van der Waals surface area contributed by atoms with Crippen LogP contribution in [0.3, 0.4) is 0 Å². The number of aromatic nitrogens is 3. The van der Waals surface area contributed by atoms with Crippen LogP contribution in [0, 0.1) is 17.5 Å². The van der Waals surface area contributed by atoms with E-state index in [1.54, 1.807) is 0 Å². The van der Waals surface area contributed by atoms with E-state index in [0.717, 1.165) is 94.3 Å². The van der Waals surface area contributed by atoms with Gasteiger partial charge in [-0.3, -0.25) is 4.98 Å². The fraction of sp³-hybridized carbons (Fsp3) is 0.200. The van der Waals surface area contributed by atoms with Crippen LogP contribution >= 0.6 is 0 Å². The van der Waals surface area contributed by atoms with Crippen molar-refractivity contribution in [3.05, 3.63) is 193 Å². The Balaban J connectivity index is 0.000000197. The number of fused-ring (bicyclic) bond motifs is 4. The van der Waals surface area contributed by atoms with E-state index >= 15 is 0 Å². The van der Waals surface area contributed by atoms with Crippen LogP contribution in [0.2, 0.25) is 19.6 Å². The van der Waals surface area contributed by atoms with Crippen molar-refractivity contribution in [2.24, 2.45) is 5.41 Å². The van der Waals surface area contributed by atoms with E-state index in [0.29, 0.717) is 0 Å². The molecule has 0 bridgehead atoms. The van der Waals surface area contributed by atoms with E-state index in [-0.39, 0.29) is 25.5 Å². The van der Waals surface area contributed by atoms with Gasteiger partial charge in [-0.25, -0.2) is 0 Å². The zero-order valence-corrected chi connectivity index (χ0v) is 42.6. The van der Waals surface area contributed by atoms with Crippen molar-refractivity contribution in [1.82, 2.24) is 14.5 Å². The standard InChI is InChI=1S/C37H23N2O.C23H34NSi.Ir/c1-3-13-25(14-4-1)27-18-11-19-28(26-15-5-2-6-16-26)35(27)39-33-23-9-8-22-32(33)38-37(39)31-21-12-20-30-29-17-7-10-24-34(29)40-36(30)31;1-22(2,3)15-18-14-20(24-16-21(18)25(7,8)9)17-11-10-12-19(13-17)23(4,5)6;/h1-20,22-24H;10,12-14,16H,15H2,1-9H3;/q2*-1;/i;15D2;. The average Bonchev–Trinajstić information content (AvgIpc) is 3.90. The van der Waals surface area contributed by atoms with Gasteiger partial charge in [0.15, 0.2) is 0 Å². The Morgan fingerprint density at radius 2 is 1.29 bits per heavy atom. The molecule has 3 aromatic heterocycles. The third-order valence-corrected chi connectivity index (χ3v) is 13.7. The van der Waals surface area contributed by atoms with Gasteiger partial charge in [0.1, 0.15) is 5.58 Å². The van der Waals surface area contributed by atoms with Crippen molar-refractivity contribution in [3.8, 4) is 50.6 Å². The zero-order chi connectivity index (χ0) is 47.3. The van der Waals surface area contributed by atoms with E-state index in [1.165, 1.54) is 5.56 Å². The normalized spacial score (nSPS) is 12.6. The van der Waals surface area contributed by atoms with Gasteiger partial charge in [-0.1, -0.05) is 193 Å². The maximum absolute atomic E-state index is 8.89. The molecule has 0 fully saturated rings. The molecule has 10 rings (SSSR count). The number of furan rings is 1. The molecule has 0 spiro atoms. The molecule has 0 saturated carbocycles. The van der Waals surface area contributed by atoms with Gasteiger partial charge in [-0.05, 0) is 57.4 Å². The summed E-state index contributed by atoms with van der Waals surface area (Å²) in [6, 6.07) is 63.1. The fourth-order valence-electron chi connectivity index (χ4n) is 8.55. The van der Waals surface area contributed by atoms with Crippen molar-refractivity contribution in [2.45, 2.75) is 73.0 Å². The van der Waals surface area contributed by atoms with Crippen molar-refractivity contribution in [3.63, 3.8) is 0 Å². The van der Waals surface area contributed by atoms with Gasteiger partial charge in [0.05, 0.1) is 36.2 Å². The molecule has 3 heterocycles. The number of para-hydroxylation sites is 4. The molecule has 6 heteroatoms. The molecule has 4 nitrogen and oxygen atoms in total. The first-order valence-corrected chi connectivity index (χ1v) is 26.0. The molecule has 0 unspecified atom stereocenters. The number of pyridine rings is 1. The molecular formula is C60H57IrN3OSi-2. The molecule has 0 aliphatic heterocycles. The third-order valence-electron chi connectivity index (χ3n) is 11.7. The van der Waals surface area contributed by atoms with Crippen molar-refractivity contribution < 1.29 is 27.3 Å². The average molecular weight is 1060 g/mol. The third kappa shape index (κ3) is 9.55. The maximum Gasteiger partial charge on any atom is 0.120 e. The minimum Gasteiger partial charge on any atom is -0.501 e. The molecule has 1 radical (unpaired) electrons. The predicted molar refractivity (Wildman–Crippen MR) is 277 cm³/mol. The molecule has 0 aliphatic carbocycles. The van der Waals surface area contributed by atoms with Crippen LogP contribution in [0.4, 0.5) is 0 Å². The first-order valence-electron chi connectivity index (χ1n) is 23.5.